The minimum absolute atomic E-state index is 0.161. The minimum atomic E-state index is -4.16. The number of ether oxygens (including phenoxy) is 3. The summed E-state index contributed by atoms with van der Waals surface area (Å²) in [6.45, 7) is 0.161. The molecule has 0 saturated heterocycles. The number of hydrogen-bond donors (Lipinski definition) is 1. The number of carbonyl (C=O) groups is 1. The molecule has 0 aliphatic rings. The van der Waals surface area contributed by atoms with E-state index in [2.05, 4.69) is 16.7 Å². The molecule has 154 valence electrons. The number of hydrogen-bond acceptors (Lipinski definition) is 7. The van der Waals surface area contributed by atoms with Gasteiger partial charge in [-0.05, 0) is 42.0 Å². The predicted molar refractivity (Wildman–Crippen MR) is 106 cm³/mol. The second-order valence-corrected chi connectivity index (χ2v) is 8.66. The molecule has 0 amide bonds. The first-order chi connectivity index (χ1) is 13.1. The maximum absolute atomic E-state index is 11.7. The molecule has 0 aliphatic heterocycles. The zero-order valence-corrected chi connectivity index (χ0v) is 17.6. The molecule has 0 unspecified atom stereocenters. The first-order valence-corrected chi connectivity index (χ1v) is 11.2. The summed E-state index contributed by atoms with van der Waals surface area (Å²) in [5, 5.41) is 0. The molecule has 2 rings (SSSR count). The SMILES string of the molecule is COS(=O)(=O)O.COc1ccc(COC(=O)Oc2ccc([S+](C)C)cc2)cc1. The van der Waals surface area contributed by atoms with Crippen LogP contribution in [0.3, 0.4) is 0 Å². The van der Waals surface area contributed by atoms with Crippen LogP contribution in [0.15, 0.2) is 53.4 Å². The Morgan fingerprint density at radius 3 is 1.89 bits per heavy atom. The van der Waals surface area contributed by atoms with Gasteiger partial charge in [0, 0.05) is 10.9 Å². The molecule has 0 aliphatic carbocycles. The second kappa shape index (κ2) is 11.5. The molecule has 0 saturated carbocycles. The zero-order valence-electron chi connectivity index (χ0n) is 15.9. The van der Waals surface area contributed by atoms with Crippen molar-refractivity contribution in [3.63, 3.8) is 0 Å². The van der Waals surface area contributed by atoms with Crippen LogP contribution in [0.4, 0.5) is 4.79 Å². The molecular weight excluding hydrogens is 408 g/mol. The summed E-state index contributed by atoms with van der Waals surface area (Å²) >= 11 is 0. The van der Waals surface area contributed by atoms with Gasteiger partial charge in [-0.25, -0.2) is 4.79 Å². The van der Waals surface area contributed by atoms with Crippen LogP contribution in [0.25, 0.3) is 0 Å². The number of methoxy groups -OCH3 is 1. The fourth-order valence-electron chi connectivity index (χ4n) is 1.77. The maximum Gasteiger partial charge on any atom is 0.514 e. The molecule has 1 N–H and O–H groups in total. The van der Waals surface area contributed by atoms with Gasteiger partial charge in [0.15, 0.2) is 4.90 Å². The van der Waals surface area contributed by atoms with E-state index in [1.807, 2.05) is 36.4 Å². The van der Waals surface area contributed by atoms with E-state index in [4.69, 9.17) is 18.8 Å². The van der Waals surface area contributed by atoms with Crippen LogP contribution in [0.1, 0.15) is 5.56 Å². The number of benzene rings is 2. The van der Waals surface area contributed by atoms with E-state index in [1.54, 1.807) is 19.2 Å². The second-order valence-electron chi connectivity index (χ2n) is 5.37. The zero-order chi connectivity index (χ0) is 21.2. The van der Waals surface area contributed by atoms with E-state index >= 15 is 0 Å². The fraction of sp³-hybridized carbons (Fsp3) is 0.278. The standard InChI is InChI=1S/C17H19O4S.CH4O4S/c1-19-14-6-4-13(5-7-14)12-20-17(18)21-15-8-10-16(11-9-15)22(2)3;1-5-6(2,3)4/h4-11H,12H2,1-3H3;1H3,(H,2,3,4)/q+1;. The van der Waals surface area contributed by atoms with Gasteiger partial charge in [0.25, 0.3) is 0 Å². The van der Waals surface area contributed by atoms with Crippen LogP contribution < -0.4 is 9.47 Å². The molecule has 2 aromatic carbocycles. The summed E-state index contributed by atoms with van der Waals surface area (Å²) in [6, 6.07) is 14.8. The Labute approximate surface area is 167 Å². The van der Waals surface area contributed by atoms with Crippen LogP contribution in [-0.2, 0) is 36.8 Å². The summed E-state index contributed by atoms with van der Waals surface area (Å²) < 4.78 is 45.0. The Balaban J connectivity index is 0.000000568. The van der Waals surface area contributed by atoms with Crippen molar-refractivity contribution in [2.75, 3.05) is 26.7 Å². The van der Waals surface area contributed by atoms with E-state index in [0.717, 1.165) is 18.4 Å². The van der Waals surface area contributed by atoms with Crippen molar-refractivity contribution in [1.82, 2.24) is 0 Å². The summed E-state index contributed by atoms with van der Waals surface area (Å²) in [5.74, 6) is 1.24. The highest BCUT2D eigenvalue weighted by Crippen LogP contribution is 2.17. The van der Waals surface area contributed by atoms with Crippen LogP contribution in [0.5, 0.6) is 11.5 Å². The van der Waals surface area contributed by atoms with Crippen molar-refractivity contribution in [3.05, 3.63) is 54.1 Å². The molecule has 0 heterocycles. The van der Waals surface area contributed by atoms with Gasteiger partial charge in [0.2, 0.25) is 0 Å². The third kappa shape index (κ3) is 9.60. The van der Waals surface area contributed by atoms with E-state index in [9.17, 15) is 13.2 Å². The van der Waals surface area contributed by atoms with Crippen LogP contribution in [0.2, 0.25) is 0 Å². The van der Waals surface area contributed by atoms with E-state index in [-0.39, 0.29) is 17.5 Å². The molecular formula is C18H23O8S2+. The largest absolute Gasteiger partial charge is 0.514 e. The van der Waals surface area contributed by atoms with Crippen molar-refractivity contribution in [2.45, 2.75) is 11.5 Å². The van der Waals surface area contributed by atoms with E-state index in [0.29, 0.717) is 5.75 Å². The molecule has 0 spiro atoms. The molecule has 0 atom stereocenters. The summed E-state index contributed by atoms with van der Waals surface area (Å²) in [6.07, 6.45) is 3.56. The van der Waals surface area contributed by atoms with Gasteiger partial charge in [0.05, 0.1) is 14.2 Å². The molecule has 2 aromatic rings. The molecule has 10 heteroatoms. The Bertz CT molecular complexity index is 831. The Hall–Kier alpha value is -2.27. The molecule has 0 aromatic heterocycles. The lowest BCUT2D eigenvalue weighted by Crippen LogP contribution is -2.10. The van der Waals surface area contributed by atoms with Gasteiger partial charge in [-0.3, -0.25) is 8.74 Å². The number of carbonyl (C=O) groups excluding carboxylic acids is 1. The van der Waals surface area contributed by atoms with Crippen molar-refractivity contribution in [2.24, 2.45) is 0 Å². The third-order valence-corrected chi connectivity index (χ3v) is 4.86. The smallest absolute Gasteiger partial charge is 0.497 e. The highest BCUT2D eigenvalue weighted by atomic mass is 32.3. The lowest BCUT2D eigenvalue weighted by atomic mass is 10.2. The predicted octanol–water partition coefficient (Wildman–Crippen LogP) is 3.08. The quantitative estimate of drug-likeness (QED) is 0.322. The Morgan fingerprint density at radius 2 is 1.46 bits per heavy atom. The van der Waals surface area contributed by atoms with Crippen molar-refractivity contribution >= 4 is 27.4 Å². The molecule has 0 radical (unpaired) electrons. The molecule has 0 fully saturated rings. The van der Waals surface area contributed by atoms with Crippen molar-refractivity contribution in [3.8, 4) is 11.5 Å². The van der Waals surface area contributed by atoms with E-state index < -0.39 is 16.6 Å². The maximum atomic E-state index is 11.7. The summed E-state index contributed by atoms with van der Waals surface area (Å²) in [4.78, 5) is 12.9. The third-order valence-electron chi connectivity index (χ3n) is 3.22. The summed E-state index contributed by atoms with van der Waals surface area (Å²) in [5.41, 5.74) is 0.870. The highest BCUT2D eigenvalue weighted by molar-refractivity contribution is 7.95. The Kier molecular flexibility index (Phi) is 9.80. The normalized spacial score (nSPS) is 10.6. The molecule has 0 bridgehead atoms. The lowest BCUT2D eigenvalue weighted by Gasteiger charge is -2.07. The molecule has 28 heavy (non-hydrogen) atoms. The summed E-state index contributed by atoms with van der Waals surface area (Å²) in [7, 11) is -1.50. The average molecular weight is 432 g/mol. The van der Waals surface area contributed by atoms with Crippen LogP contribution in [0, 0.1) is 0 Å². The lowest BCUT2D eigenvalue weighted by molar-refractivity contribution is 0.0927. The van der Waals surface area contributed by atoms with E-state index in [1.165, 1.54) is 4.90 Å². The topological polar surface area (TPSA) is 108 Å². The minimum Gasteiger partial charge on any atom is -0.497 e. The monoisotopic (exact) mass is 431 g/mol. The first kappa shape index (κ1) is 23.8. The first-order valence-electron chi connectivity index (χ1n) is 7.83. The van der Waals surface area contributed by atoms with Gasteiger partial charge >= 0.3 is 16.6 Å². The highest BCUT2D eigenvalue weighted by Gasteiger charge is 2.10. The van der Waals surface area contributed by atoms with Crippen molar-refractivity contribution < 1.29 is 36.2 Å². The Morgan fingerprint density at radius 1 is 0.964 bits per heavy atom. The molecule has 8 nitrogen and oxygen atoms in total. The van der Waals surface area contributed by atoms with Gasteiger partial charge < -0.3 is 14.2 Å². The van der Waals surface area contributed by atoms with Crippen LogP contribution in [-0.4, -0.2) is 45.9 Å². The van der Waals surface area contributed by atoms with Gasteiger partial charge in [-0.15, -0.1) is 0 Å². The average Bonchev–Trinajstić information content (AvgIpc) is 2.67. The van der Waals surface area contributed by atoms with Gasteiger partial charge in [-0.2, -0.15) is 8.42 Å². The van der Waals surface area contributed by atoms with Crippen molar-refractivity contribution in [1.29, 1.82) is 0 Å². The van der Waals surface area contributed by atoms with Gasteiger partial charge in [0.1, 0.15) is 30.6 Å². The number of rotatable bonds is 6. The van der Waals surface area contributed by atoms with Gasteiger partial charge in [-0.1, -0.05) is 12.1 Å². The fourth-order valence-corrected chi connectivity index (χ4v) is 2.45. The van der Waals surface area contributed by atoms with Crippen LogP contribution >= 0.6 is 0 Å².